The summed E-state index contributed by atoms with van der Waals surface area (Å²) in [6.07, 6.45) is 0.920. The molecule has 0 saturated heterocycles. The van der Waals surface area contributed by atoms with Crippen molar-refractivity contribution >= 4 is 6.03 Å². The van der Waals surface area contributed by atoms with Gasteiger partial charge in [-0.15, -0.1) is 0 Å². The number of urea groups is 1. The Morgan fingerprint density at radius 2 is 2.00 bits per heavy atom. The highest BCUT2D eigenvalue weighted by Gasteiger charge is 2.21. The second-order valence-electron chi connectivity index (χ2n) is 4.13. The molecule has 0 heterocycles. The number of amides is 2. The lowest BCUT2D eigenvalue weighted by molar-refractivity contribution is 0.178. The Kier molecular flexibility index (Phi) is 4.77. The molecule has 4 N–H and O–H groups in total. The van der Waals surface area contributed by atoms with Gasteiger partial charge in [0.2, 0.25) is 0 Å². The molecule has 13 heavy (non-hydrogen) atoms. The van der Waals surface area contributed by atoms with Crippen LogP contribution < -0.4 is 11.5 Å². The molecule has 78 valence electrons. The van der Waals surface area contributed by atoms with Gasteiger partial charge in [-0.2, -0.15) is 0 Å². The van der Waals surface area contributed by atoms with Crippen LogP contribution in [0.2, 0.25) is 0 Å². The third-order valence-corrected chi connectivity index (χ3v) is 1.98. The SMILES string of the molecule is CCCN(CC(C)(C)CN)C(N)=O. The van der Waals surface area contributed by atoms with E-state index in [0.717, 1.165) is 6.42 Å². The number of hydrogen-bond acceptors (Lipinski definition) is 2. The summed E-state index contributed by atoms with van der Waals surface area (Å²) >= 11 is 0. The molecule has 2 amide bonds. The molecule has 0 radical (unpaired) electrons. The number of nitrogens with zero attached hydrogens (tertiary/aromatic N) is 1. The fourth-order valence-corrected chi connectivity index (χ4v) is 1.12. The zero-order chi connectivity index (χ0) is 10.5. The van der Waals surface area contributed by atoms with Crippen LogP contribution in [-0.4, -0.2) is 30.6 Å². The first-order valence-corrected chi connectivity index (χ1v) is 4.67. The summed E-state index contributed by atoms with van der Waals surface area (Å²) in [5.74, 6) is 0. The van der Waals surface area contributed by atoms with Crippen LogP contribution in [0.3, 0.4) is 0 Å². The van der Waals surface area contributed by atoms with E-state index in [9.17, 15) is 4.79 Å². The lowest BCUT2D eigenvalue weighted by atomic mass is 9.93. The number of primary amides is 1. The molecule has 0 fully saturated rings. The molecule has 0 aliphatic rings. The molecular weight excluding hydrogens is 166 g/mol. The van der Waals surface area contributed by atoms with Gasteiger partial charge in [0.15, 0.2) is 0 Å². The first-order valence-electron chi connectivity index (χ1n) is 4.67. The summed E-state index contributed by atoms with van der Waals surface area (Å²) < 4.78 is 0. The molecule has 0 aromatic heterocycles. The smallest absolute Gasteiger partial charge is 0.314 e. The van der Waals surface area contributed by atoms with Gasteiger partial charge < -0.3 is 16.4 Å². The molecule has 0 aromatic rings. The first-order chi connectivity index (χ1) is 5.93. The Labute approximate surface area is 80.3 Å². The first kappa shape index (κ1) is 12.2. The van der Waals surface area contributed by atoms with Crippen LogP contribution in [-0.2, 0) is 0 Å². The standard InChI is InChI=1S/C9H21N3O/c1-4-5-12(8(11)13)7-9(2,3)6-10/h4-7,10H2,1-3H3,(H2,11,13). The lowest BCUT2D eigenvalue weighted by Crippen LogP contribution is -2.44. The largest absolute Gasteiger partial charge is 0.351 e. The average molecular weight is 187 g/mol. The number of hydrogen-bond donors (Lipinski definition) is 2. The molecule has 0 unspecified atom stereocenters. The van der Waals surface area contributed by atoms with Gasteiger partial charge in [0.25, 0.3) is 0 Å². The van der Waals surface area contributed by atoms with Crippen LogP contribution in [0.1, 0.15) is 27.2 Å². The highest BCUT2D eigenvalue weighted by Crippen LogP contribution is 2.14. The summed E-state index contributed by atoms with van der Waals surface area (Å²) in [7, 11) is 0. The van der Waals surface area contributed by atoms with Crippen molar-refractivity contribution in [3.8, 4) is 0 Å². The van der Waals surface area contributed by atoms with E-state index in [1.165, 1.54) is 0 Å². The molecular formula is C9H21N3O. The number of nitrogens with two attached hydrogens (primary N) is 2. The molecule has 0 bridgehead atoms. The van der Waals surface area contributed by atoms with Crippen molar-refractivity contribution in [1.82, 2.24) is 4.90 Å². The Balaban J connectivity index is 4.17. The van der Waals surface area contributed by atoms with Gasteiger partial charge in [0.05, 0.1) is 0 Å². The Hall–Kier alpha value is -0.770. The molecule has 0 spiro atoms. The maximum Gasteiger partial charge on any atom is 0.314 e. The van der Waals surface area contributed by atoms with E-state index in [1.807, 2.05) is 20.8 Å². The van der Waals surface area contributed by atoms with Crippen molar-refractivity contribution < 1.29 is 4.79 Å². The molecule has 4 nitrogen and oxygen atoms in total. The maximum atomic E-state index is 11.0. The highest BCUT2D eigenvalue weighted by molar-refractivity contribution is 5.72. The van der Waals surface area contributed by atoms with Crippen LogP contribution in [0.4, 0.5) is 4.79 Å². The van der Waals surface area contributed by atoms with Crippen LogP contribution in [0.25, 0.3) is 0 Å². The Morgan fingerprint density at radius 3 is 2.31 bits per heavy atom. The minimum Gasteiger partial charge on any atom is -0.351 e. The average Bonchev–Trinajstić information content (AvgIpc) is 2.03. The van der Waals surface area contributed by atoms with Crippen molar-refractivity contribution in [1.29, 1.82) is 0 Å². The highest BCUT2D eigenvalue weighted by atomic mass is 16.2. The second kappa shape index (κ2) is 5.07. The zero-order valence-electron chi connectivity index (χ0n) is 8.84. The van der Waals surface area contributed by atoms with E-state index in [4.69, 9.17) is 11.5 Å². The quantitative estimate of drug-likeness (QED) is 0.667. The summed E-state index contributed by atoms with van der Waals surface area (Å²) in [6.45, 7) is 7.97. The summed E-state index contributed by atoms with van der Waals surface area (Å²) in [5.41, 5.74) is 10.8. The van der Waals surface area contributed by atoms with E-state index in [-0.39, 0.29) is 11.4 Å². The Morgan fingerprint density at radius 1 is 1.46 bits per heavy atom. The van der Waals surface area contributed by atoms with Gasteiger partial charge in [-0.3, -0.25) is 0 Å². The minimum atomic E-state index is -0.358. The second-order valence-corrected chi connectivity index (χ2v) is 4.13. The topological polar surface area (TPSA) is 72.3 Å². The van der Waals surface area contributed by atoms with Crippen molar-refractivity contribution in [2.24, 2.45) is 16.9 Å². The maximum absolute atomic E-state index is 11.0. The van der Waals surface area contributed by atoms with E-state index in [2.05, 4.69) is 0 Å². The van der Waals surface area contributed by atoms with Crippen molar-refractivity contribution in [3.05, 3.63) is 0 Å². The van der Waals surface area contributed by atoms with Crippen LogP contribution in [0.15, 0.2) is 0 Å². The predicted molar refractivity (Wildman–Crippen MR) is 54.3 cm³/mol. The molecule has 0 saturated carbocycles. The van der Waals surface area contributed by atoms with Crippen LogP contribution in [0, 0.1) is 5.41 Å². The zero-order valence-corrected chi connectivity index (χ0v) is 8.84. The third kappa shape index (κ3) is 4.72. The minimum absolute atomic E-state index is 0.0514. The molecule has 0 aromatic carbocycles. The fraction of sp³-hybridized carbons (Fsp3) is 0.889. The van der Waals surface area contributed by atoms with Gasteiger partial charge in [-0.05, 0) is 18.4 Å². The van der Waals surface area contributed by atoms with Crippen LogP contribution in [0.5, 0.6) is 0 Å². The predicted octanol–water partition coefficient (Wildman–Crippen LogP) is 0.762. The number of carbonyl (C=O) groups excluding carboxylic acids is 1. The lowest BCUT2D eigenvalue weighted by Gasteiger charge is -2.30. The van der Waals surface area contributed by atoms with Crippen molar-refractivity contribution in [2.75, 3.05) is 19.6 Å². The number of carbonyl (C=O) groups is 1. The molecule has 4 heteroatoms. The van der Waals surface area contributed by atoms with Crippen molar-refractivity contribution in [2.45, 2.75) is 27.2 Å². The van der Waals surface area contributed by atoms with Gasteiger partial charge in [-0.25, -0.2) is 4.79 Å². The molecule has 0 aliphatic carbocycles. The van der Waals surface area contributed by atoms with E-state index in [0.29, 0.717) is 19.6 Å². The number of rotatable bonds is 5. The summed E-state index contributed by atoms with van der Waals surface area (Å²) in [4.78, 5) is 12.6. The molecule has 0 aliphatic heterocycles. The monoisotopic (exact) mass is 187 g/mol. The normalized spacial score (nSPS) is 11.4. The summed E-state index contributed by atoms with van der Waals surface area (Å²) in [5, 5.41) is 0. The van der Waals surface area contributed by atoms with Gasteiger partial charge in [0, 0.05) is 13.1 Å². The molecule has 0 atom stereocenters. The van der Waals surface area contributed by atoms with Crippen molar-refractivity contribution in [3.63, 3.8) is 0 Å². The van der Waals surface area contributed by atoms with Crippen LogP contribution >= 0.6 is 0 Å². The third-order valence-electron chi connectivity index (χ3n) is 1.98. The van der Waals surface area contributed by atoms with Gasteiger partial charge in [-0.1, -0.05) is 20.8 Å². The fourth-order valence-electron chi connectivity index (χ4n) is 1.12. The van der Waals surface area contributed by atoms with E-state index >= 15 is 0 Å². The molecule has 0 rings (SSSR count). The van der Waals surface area contributed by atoms with Gasteiger partial charge >= 0.3 is 6.03 Å². The van der Waals surface area contributed by atoms with E-state index < -0.39 is 0 Å². The van der Waals surface area contributed by atoms with Gasteiger partial charge in [0.1, 0.15) is 0 Å². The van der Waals surface area contributed by atoms with E-state index in [1.54, 1.807) is 4.90 Å². The summed E-state index contributed by atoms with van der Waals surface area (Å²) in [6, 6.07) is -0.358. The Bertz CT molecular complexity index is 168.